The minimum atomic E-state index is 0.104. The summed E-state index contributed by atoms with van der Waals surface area (Å²) < 4.78 is 0. The molecule has 1 aromatic carbocycles. The maximum Gasteiger partial charge on any atom is 0.159 e. The monoisotopic (exact) mass is 257 g/mol. The minimum Gasteiger partial charge on any atom is -0.295 e. The van der Waals surface area contributed by atoms with Crippen LogP contribution in [0.1, 0.15) is 28.7 Å². The Balaban J connectivity index is 2.00. The van der Waals surface area contributed by atoms with Crippen LogP contribution in [0.15, 0.2) is 47.4 Å². The van der Waals surface area contributed by atoms with Crippen LogP contribution in [0.4, 0.5) is 0 Å². The number of aromatic nitrogens is 1. The number of ketones is 1. The lowest BCUT2D eigenvalue weighted by Crippen LogP contribution is -1.91. The van der Waals surface area contributed by atoms with Gasteiger partial charge in [0, 0.05) is 21.9 Å². The molecule has 0 amide bonds. The minimum absolute atomic E-state index is 0.104. The number of rotatable bonds is 4. The Hall–Kier alpha value is -1.61. The van der Waals surface area contributed by atoms with Gasteiger partial charge in [0.25, 0.3) is 0 Å². The van der Waals surface area contributed by atoms with E-state index in [1.165, 1.54) is 0 Å². The van der Waals surface area contributed by atoms with Crippen molar-refractivity contribution in [2.75, 3.05) is 0 Å². The average molecular weight is 257 g/mol. The SMILES string of the molecule is CC(=O)c1ccc(SCc2cccc(C)n2)cc1. The fourth-order valence-corrected chi connectivity index (χ4v) is 2.43. The van der Waals surface area contributed by atoms with E-state index >= 15 is 0 Å². The summed E-state index contributed by atoms with van der Waals surface area (Å²) in [6.07, 6.45) is 0. The van der Waals surface area contributed by atoms with E-state index in [2.05, 4.69) is 4.98 Å². The molecule has 0 aliphatic carbocycles. The van der Waals surface area contributed by atoms with E-state index in [9.17, 15) is 4.79 Å². The zero-order valence-electron chi connectivity index (χ0n) is 10.5. The lowest BCUT2D eigenvalue weighted by atomic mass is 10.2. The first kappa shape index (κ1) is 12.8. The predicted molar refractivity (Wildman–Crippen MR) is 75.0 cm³/mol. The molecule has 1 aromatic heterocycles. The zero-order valence-corrected chi connectivity index (χ0v) is 11.3. The number of nitrogens with zero attached hydrogens (tertiary/aromatic N) is 1. The Morgan fingerprint density at radius 1 is 1.17 bits per heavy atom. The van der Waals surface area contributed by atoms with Crippen molar-refractivity contribution in [1.82, 2.24) is 4.98 Å². The highest BCUT2D eigenvalue weighted by atomic mass is 32.2. The molecule has 0 saturated carbocycles. The summed E-state index contributed by atoms with van der Waals surface area (Å²) in [5.74, 6) is 0.952. The van der Waals surface area contributed by atoms with E-state index in [1.54, 1.807) is 18.7 Å². The molecule has 1 heterocycles. The van der Waals surface area contributed by atoms with Crippen LogP contribution >= 0.6 is 11.8 Å². The van der Waals surface area contributed by atoms with Gasteiger partial charge >= 0.3 is 0 Å². The van der Waals surface area contributed by atoms with Crippen LogP contribution in [-0.4, -0.2) is 10.8 Å². The fraction of sp³-hybridized carbons (Fsp3) is 0.200. The number of carbonyl (C=O) groups is 1. The maximum atomic E-state index is 11.2. The number of carbonyl (C=O) groups excluding carboxylic acids is 1. The summed E-state index contributed by atoms with van der Waals surface area (Å²) in [6, 6.07) is 13.8. The number of hydrogen-bond donors (Lipinski definition) is 0. The molecule has 18 heavy (non-hydrogen) atoms. The number of Topliss-reactive ketones (excluding diaryl/α,β-unsaturated/α-hetero) is 1. The third-order valence-electron chi connectivity index (χ3n) is 2.59. The average Bonchev–Trinajstić information content (AvgIpc) is 2.37. The predicted octanol–water partition coefficient (Wildman–Crippen LogP) is 3.88. The normalized spacial score (nSPS) is 10.3. The molecular formula is C15H15NOS. The molecule has 0 N–H and O–H groups in total. The number of aryl methyl sites for hydroxylation is 1. The van der Waals surface area contributed by atoms with E-state index in [1.807, 2.05) is 49.4 Å². The molecule has 92 valence electrons. The molecule has 2 rings (SSSR count). The lowest BCUT2D eigenvalue weighted by Gasteiger charge is -2.03. The second kappa shape index (κ2) is 5.83. The summed E-state index contributed by atoms with van der Waals surface area (Å²) in [4.78, 5) is 16.8. The highest BCUT2D eigenvalue weighted by Gasteiger charge is 2.01. The standard InChI is InChI=1S/C15H15NOS/c1-11-4-3-5-14(16-11)10-18-15-8-6-13(7-9-15)12(2)17/h3-9H,10H2,1-2H3. The van der Waals surface area contributed by atoms with Gasteiger partial charge < -0.3 is 0 Å². The van der Waals surface area contributed by atoms with E-state index in [4.69, 9.17) is 0 Å². The Kier molecular flexibility index (Phi) is 4.15. The van der Waals surface area contributed by atoms with Gasteiger partial charge in [-0.05, 0) is 38.1 Å². The molecule has 2 nitrogen and oxygen atoms in total. The third kappa shape index (κ3) is 3.44. The quantitative estimate of drug-likeness (QED) is 0.615. The van der Waals surface area contributed by atoms with Crippen LogP contribution in [0.25, 0.3) is 0 Å². The van der Waals surface area contributed by atoms with Crippen molar-refractivity contribution in [1.29, 1.82) is 0 Å². The summed E-state index contributed by atoms with van der Waals surface area (Å²) >= 11 is 1.73. The van der Waals surface area contributed by atoms with E-state index in [0.29, 0.717) is 0 Å². The molecule has 0 atom stereocenters. The maximum absolute atomic E-state index is 11.2. The van der Waals surface area contributed by atoms with Crippen molar-refractivity contribution in [3.05, 3.63) is 59.4 Å². The van der Waals surface area contributed by atoms with Crippen molar-refractivity contribution in [2.24, 2.45) is 0 Å². The molecule has 2 aromatic rings. The summed E-state index contributed by atoms with van der Waals surface area (Å²) in [6.45, 7) is 3.58. The number of hydrogen-bond acceptors (Lipinski definition) is 3. The van der Waals surface area contributed by atoms with Crippen molar-refractivity contribution in [3.63, 3.8) is 0 Å². The highest BCUT2D eigenvalue weighted by molar-refractivity contribution is 7.98. The lowest BCUT2D eigenvalue weighted by molar-refractivity contribution is 0.101. The van der Waals surface area contributed by atoms with Crippen LogP contribution in [0.5, 0.6) is 0 Å². The second-order valence-electron chi connectivity index (χ2n) is 4.14. The first-order valence-corrected chi connectivity index (χ1v) is 6.80. The van der Waals surface area contributed by atoms with Gasteiger partial charge in [0.15, 0.2) is 5.78 Å². The molecular weight excluding hydrogens is 242 g/mol. The number of benzene rings is 1. The smallest absolute Gasteiger partial charge is 0.159 e. The topological polar surface area (TPSA) is 30.0 Å². The molecule has 0 radical (unpaired) electrons. The van der Waals surface area contributed by atoms with Crippen LogP contribution in [0.2, 0.25) is 0 Å². The van der Waals surface area contributed by atoms with E-state index in [-0.39, 0.29) is 5.78 Å². The number of thioether (sulfide) groups is 1. The molecule has 0 saturated heterocycles. The molecule has 0 unspecified atom stereocenters. The fourth-order valence-electron chi connectivity index (χ4n) is 1.62. The number of pyridine rings is 1. The third-order valence-corrected chi connectivity index (χ3v) is 3.64. The molecule has 0 bridgehead atoms. The Morgan fingerprint density at radius 2 is 1.89 bits per heavy atom. The van der Waals surface area contributed by atoms with Crippen LogP contribution in [0.3, 0.4) is 0 Å². The van der Waals surface area contributed by atoms with Gasteiger partial charge in [-0.3, -0.25) is 9.78 Å². The second-order valence-corrected chi connectivity index (χ2v) is 5.19. The molecule has 0 aliphatic heterocycles. The van der Waals surface area contributed by atoms with Gasteiger partial charge in [0.2, 0.25) is 0 Å². The molecule has 3 heteroatoms. The Labute approximate surface area is 111 Å². The van der Waals surface area contributed by atoms with Crippen LogP contribution < -0.4 is 0 Å². The first-order valence-electron chi connectivity index (χ1n) is 5.81. The van der Waals surface area contributed by atoms with Crippen molar-refractivity contribution < 1.29 is 4.79 Å². The van der Waals surface area contributed by atoms with Crippen LogP contribution in [0, 0.1) is 6.92 Å². The van der Waals surface area contributed by atoms with Gasteiger partial charge in [-0.1, -0.05) is 18.2 Å². The molecule has 0 fully saturated rings. The van der Waals surface area contributed by atoms with Gasteiger partial charge in [0.1, 0.15) is 0 Å². The first-order chi connectivity index (χ1) is 8.65. The van der Waals surface area contributed by atoms with Gasteiger partial charge in [-0.15, -0.1) is 11.8 Å². The van der Waals surface area contributed by atoms with Gasteiger partial charge in [-0.25, -0.2) is 0 Å². The van der Waals surface area contributed by atoms with Gasteiger partial charge in [-0.2, -0.15) is 0 Å². The largest absolute Gasteiger partial charge is 0.295 e. The summed E-state index contributed by atoms with van der Waals surface area (Å²) in [5, 5.41) is 0. The van der Waals surface area contributed by atoms with E-state index < -0.39 is 0 Å². The molecule has 0 aliphatic rings. The molecule has 0 spiro atoms. The summed E-state index contributed by atoms with van der Waals surface area (Å²) in [7, 11) is 0. The highest BCUT2D eigenvalue weighted by Crippen LogP contribution is 2.22. The van der Waals surface area contributed by atoms with Crippen molar-refractivity contribution in [3.8, 4) is 0 Å². The van der Waals surface area contributed by atoms with Gasteiger partial charge in [0.05, 0.1) is 5.69 Å². The van der Waals surface area contributed by atoms with Crippen molar-refractivity contribution >= 4 is 17.5 Å². The van der Waals surface area contributed by atoms with Crippen LogP contribution in [-0.2, 0) is 5.75 Å². The zero-order chi connectivity index (χ0) is 13.0. The Bertz CT molecular complexity index is 549. The summed E-state index contributed by atoms with van der Waals surface area (Å²) in [5.41, 5.74) is 2.88. The Morgan fingerprint density at radius 3 is 2.50 bits per heavy atom. The van der Waals surface area contributed by atoms with Crippen molar-refractivity contribution in [2.45, 2.75) is 24.5 Å². The van der Waals surface area contributed by atoms with E-state index in [0.717, 1.165) is 27.6 Å².